The summed E-state index contributed by atoms with van der Waals surface area (Å²) < 4.78 is 1.89. The summed E-state index contributed by atoms with van der Waals surface area (Å²) >= 11 is 6.04. The molecule has 6 nitrogen and oxygen atoms in total. The first-order chi connectivity index (χ1) is 16.5. The fourth-order valence-electron chi connectivity index (χ4n) is 4.63. The lowest BCUT2D eigenvalue weighted by atomic mass is 9.87. The van der Waals surface area contributed by atoms with Gasteiger partial charge < -0.3 is 10.4 Å². The second-order valence-corrected chi connectivity index (χ2v) is 9.08. The van der Waals surface area contributed by atoms with Crippen LogP contribution in [0, 0.1) is 0 Å². The molecule has 3 aromatic carbocycles. The predicted octanol–water partition coefficient (Wildman–Crippen LogP) is 5.25. The average Bonchev–Trinajstić information content (AvgIpc) is 3.27. The van der Waals surface area contributed by atoms with Crippen molar-refractivity contribution < 1.29 is 14.7 Å². The van der Waals surface area contributed by atoms with Gasteiger partial charge in [-0.25, -0.2) is 4.79 Å². The molecule has 1 aliphatic carbocycles. The van der Waals surface area contributed by atoms with Gasteiger partial charge in [-0.1, -0.05) is 35.9 Å². The Bertz CT molecular complexity index is 1380. The van der Waals surface area contributed by atoms with Crippen LogP contribution in [0.1, 0.15) is 55.8 Å². The Morgan fingerprint density at radius 3 is 2.44 bits per heavy atom. The van der Waals surface area contributed by atoms with Crippen LogP contribution in [0.25, 0.3) is 10.9 Å². The number of aromatic carboxylic acids is 1. The number of hydrogen-bond donors (Lipinski definition) is 2. The third-order valence-corrected chi connectivity index (χ3v) is 6.64. The lowest BCUT2D eigenvalue weighted by Gasteiger charge is -2.19. The highest BCUT2D eigenvalue weighted by Crippen LogP contribution is 2.32. The van der Waals surface area contributed by atoms with Gasteiger partial charge in [-0.3, -0.25) is 9.48 Å². The maximum Gasteiger partial charge on any atom is 0.335 e. The van der Waals surface area contributed by atoms with E-state index in [0.717, 1.165) is 47.7 Å². The molecule has 34 heavy (non-hydrogen) atoms. The first-order valence-corrected chi connectivity index (χ1v) is 11.7. The molecule has 1 heterocycles. The molecule has 7 heteroatoms. The number of carboxylic acid groups (broad SMARTS) is 1. The molecule has 0 spiro atoms. The van der Waals surface area contributed by atoms with Crippen molar-refractivity contribution in [1.82, 2.24) is 15.1 Å². The van der Waals surface area contributed by atoms with E-state index in [9.17, 15) is 9.59 Å². The van der Waals surface area contributed by atoms with E-state index in [1.165, 1.54) is 11.1 Å². The van der Waals surface area contributed by atoms with Crippen molar-refractivity contribution in [3.63, 3.8) is 0 Å². The Kier molecular flexibility index (Phi) is 6.07. The van der Waals surface area contributed by atoms with E-state index >= 15 is 0 Å². The summed E-state index contributed by atoms with van der Waals surface area (Å²) in [5.41, 5.74) is 6.08. The van der Waals surface area contributed by atoms with Gasteiger partial charge in [-0.2, -0.15) is 5.10 Å². The highest BCUT2D eigenvalue weighted by molar-refractivity contribution is 6.30. The van der Waals surface area contributed by atoms with E-state index < -0.39 is 5.97 Å². The van der Waals surface area contributed by atoms with Crippen molar-refractivity contribution in [2.75, 3.05) is 0 Å². The normalized spacial score (nSPS) is 13.0. The number of fused-ring (bicyclic) bond motifs is 3. The minimum atomic E-state index is -0.971. The van der Waals surface area contributed by atoms with Gasteiger partial charge in [0.2, 0.25) is 0 Å². The van der Waals surface area contributed by atoms with Crippen molar-refractivity contribution in [3.8, 4) is 0 Å². The third-order valence-electron chi connectivity index (χ3n) is 6.39. The first-order valence-electron chi connectivity index (χ1n) is 11.3. The van der Waals surface area contributed by atoms with Crippen LogP contribution >= 0.6 is 11.6 Å². The van der Waals surface area contributed by atoms with Crippen LogP contribution in [-0.2, 0) is 25.9 Å². The Morgan fingerprint density at radius 2 is 1.71 bits per heavy atom. The van der Waals surface area contributed by atoms with E-state index in [2.05, 4.69) is 10.4 Å². The van der Waals surface area contributed by atoms with Gasteiger partial charge >= 0.3 is 5.97 Å². The highest BCUT2D eigenvalue weighted by atomic mass is 35.5. The quantitative estimate of drug-likeness (QED) is 0.401. The summed E-state index contributed by atoms with van der Waals surface area (Å²) in [4.78, 5) is 24.5. The summed E-state index contributed by atoms with van der Waals surface area (Å²) in [5.74, 6) is -1.14. The van der Waals surface area contributed by atoms with Crippen molar-refractivity contribution >= 4 is 34.4 Å². The second kappa shape index (κ2) is 9.31. The largest absolute Gasteiger partial charge is 0.478 e. The standard InChI is InChI=1S/C27H24ClN3O3/c28-21-11-7-18(8-12-21)16-31-25-23(13-20-3-1-2-4-22(20)24(25)15-30-31)26(32)29-14-17-5-9-19(10-6-17)27(33)34/h5-13,15H,1-4,14,16H2,(H,29,32)(H,33,34). The molecule has 0 saturated heterocycles. The van der Waals surface area contributed by atoms with Crippen LogP contribution < -0.4 is 5.32 Å². The van der Waals surface area contributed by atoms with Crippen LogP contribution in [-0.4, -0.2) is 26.8 Å². The molecule has 5 rings (SSSR count). The number of rotatable bonds is 6. The van der Waals surface area contributed by atoms with Crippen molar-refractivity contribution in [3.05, 3.63) is 99.2 Å². The number of carbonyl (C=O) groups excluding carboxylic acids is 1. The molecule has 0 aliphatic heterocycles. The zero-order valence-electron chi connectivity index (χ0n) is 18.6. The number of benzene rings is 3. The predicted molar refractivity (Wildman–Crippen MR) is 132 cm³/mol. The lowest BCUT2D eigenvalue weighted by molar-refractivity contribution is 0.0696. The summed E-state index contributed by atoms with van der Waals surface area (Å²) in [5, 5.41) is 18.5. The number of amides is 1. The maximum atomic E-state index is 13.4. The van der Waals surface area contributed by atoms with Gasteiger partial charge in [0.05, 0.1) is 29.4 Å². The molecular weight excluding hydrogens is 450 g/mol. The molecule has 2 N–H and O–H groups in total. The molecule has 172 valence electrons. The van der Waals surface area contributed by atoms with Crippen molar-refractivity contribution in [1.29, 1.82) is 0 Å². The topological polar surface area (TPSA) is 84.2 Å². The van der Waals surface area contributed by atoms with Gasteiger partial charge in [-0.15, -0.1) is 0 Å². The molecule has 0 bridgehead atoms. The number of carbonyl (C=O) groups is 2. The number of hydrogen-bond acceptors (Lipinski definition) is 3. The number of carboxylic acids is 1. The maximum absolute atomic E-state index is 13.4. The van der Waals surface area contributed by atoms with Gasteiger partial charge in [0.15, 0.2) is 0 Å². The molecule has 0 fully saturated rings. The summed E-state index contributed by atoms with van der Waals surface area (Å²) in [6, 6.07) is 16.2. The van der Waals surface area contributed by atoms with Crippen LogP contribution in [0.2, 0.25) is 5.02 Å². The molecule has 0 unspecified atom stereocenters. The highest BCUT2D eigenvalue weighted by Gasteiger charge is 2.22. The molecular formula is C27H24ClN3O3. The zero-order chi connectivity index (χ0) is 23.7. The number of nitrogens with one attached hydrogen (secondary N) is 1. The molecule has 0 atom stereocenters. The van der Waals surface area contributed by atoms with E-state index in [1.807, 2.05) is 41.2 Å². The number of aromatic nitrogens is 2. The van der Waals surface area contributed by atoms with E-state index in [0.29, 0.717) is 23.7 Å². The number of aryl methyl sites for hydroxylation is 2. The second-order valence-electron chi connectivity index (χ2n) is 8.64. The Morgan fingerprint density at radius 1 is 1.00 bits per heavy atom. The minimum absolute atomic E-state index is 0.168. The first kappa shape index (κ1) is 22.2. The Labute approximate surface area is 202 Å². The Balaban J connectivity index is 1.48. The van der Waals surface area contributed by atoms with Crippen molar-refractivity contribution in [2.24, 2.45) is 0 Å². The molecule has 1 aromatic heterocycles. The van der Waals surface area contributed by atoms with E-state index in [4.69, 9.17) is 16.7 Å². The smallest absolute Gasteiger partial charge is 0.335 e. The van der Waals surface area contributed by atoms with Crippen LogP contribution in [0.4, 0.5) is 0 Å². The van der Waals surface area contributed by atoms with Crippen LogP contribution in [0.15, 0.2) is 60.8 Å². The minimum Gasteiger partial charge on any atom is -0.478 e. The summed E-state index contributed by atoms with van der Waals surface area (Å²) in [6.07, 6.45) is 6.11. The zero-order valence-corrected chi connectivity index (χ0v) is 19.3. The molecule has 0 saturated carbocycles. The fraction of sp³-hybridized carbons (Fsp3) is 0.222. The van der Waals surface area contributed by atoms with E-state index in [1.54, 1.807) is 24.3 Å². The van der Waals surface area contributed by atoms with Gasteiger partial charge in [0, 0.05) is 17.0 Å². The number of halogens is 1. The SMILES string of the molecule is O=C(O)c1ccc(CNC(=O)c2cc3c(c4cnn(Cc5ccc(Cl)cc5)c24)CCCC3)cc1. The summed E-state index contributed by atoms with van der Waals surface area (Å²) in [6.45, 7) is 0.846. The van der Waals surface area contributed by atoms with Crippen LogP contribution in [0.5, 0.6) is 0 Å². The Hall–Kier alpha value is -3.64. The molecule has 1 amide bonds. The number of nitrogens with zero attached hydrogens (tertiary/aromatic N) is 2. The molecule has 4 aromatic rings. The average molecular weight is 474 g/mol. The summed E-state index contributed by atoms with van der Waals surface area (Å²) in [7, 11) is 0. The third kappa shape index (κ3) is 4.41. The van der Waals surface area contributed by atoms with E-state index in [-0.39, 0.29) is 11.5 Å². The van der Waals surface area contributed by atoms with Crippen LogP contribution in [0.3, 0.4) is 0 Å². The lowest BCUT2D eigenvalue weighted by Crippen LogP contribution is -2.24. The fourth-order valence-corrected chi connectivity index (χ4v) is 4.75. The van der Waals surface area contributed by atoms with Gasteiger partial charge in [-0.05, 0) is 78.3 Å². The van der Waals surface area contributed by atoms with Gasteiger partial charge in [0.25, 0.3) is 5.91 Å². The van der Waals surface area contributed by atoms with Crippen molar-refractivity contribution in [2.45, 2.75) is 38.8 Å². The molecule has 1 aliphatic rings. The molecule has 0 radical (unpaired) electrons. The van der Waals surface area contributed by atoms with Gasteiger partial charge in [0.1, 0.15) is 0 Å². The monoisotopic (exact) mass is 473 g/mol.